The Morgan fingerprint density at radius 2 is 2.16 bits per heavy atom. The summed E-state index contributed by atoms with van der Waals surface area (Å²) in [7, 11) is 0. The summed E-state index contributed by atoms with van der Waals surface area (Å²) in [5.74, 6) is 1.80. The van der Waals surface area contributed by atoms with E-state index < -0.39 is 0 Å². The van der Waals surface area contributed by atoms with Gasteiger partial charge in [-0.25, -0.2) is 9.97 Å². The minimum Gasteiger partial charge on any atom is -0.364 e. The molecule has 102 valence electrons. The molecular formula is C14H20N4O. The van der Waals surface area contributed by atoms with Gasteiger partial charge < -0.3 is 10.2 Å². The quantitative estimate of drug-likeness (QED) is 0.895. The van der Waals surface area contributed by atoms with Crippen LogP contribution in [0.15, 0.2) is 18.6 Å². The normalized spacial score (nSPS) is 20.3. The third kappa shape index (κ3) is 3.03. The summed E-state index contributed by atoms with van der Waals surface area (Å²) in [6.45, 7) is 1.60. The molecule has 0 spiro atoms. The Morgan fingerprint density at radius 3 is 2.84 bits per heavy atom. The average molecular weight is 260 g/mol. The SMILES string of the molecule is O=C(CC1CCCC1)N1CC(Nc2ccncn2)C1. The first-order valence-corrected chi connectivity index (χ1v) is 7.11. The second-order valence-electron chi connectivity index (χ2n) is 5.59. The van der Waals surface area contributed by atoms with Gasteiger partial charge >= 0.3 is 0 Å². The van der Waals surface area contributed by atoms with Gasteiger partial charge in [-0.2, -0.15) is 0 Å². The molecule has 5 nitrogen and oxygen atoms in total. The second kappa shape index (κ2) is 5.55. The molecule has 1 aromatic heterocycles. The summed E-state index contributed by atoms with van der Waals surface area (Å²) in [5, 5.41) is 3.31. The van der Waals surface area contributed by atoms with Gasteiger partial charge in [0.05, 0.1) is 6.04 Å². The van der Waals surface area contributed by atoms with Crippen LogP contribution in [0, 0.1) is 5.92 Å². The maximum absolute atomic E-state index is 12.1. The van der Waals surface area contributed by atoms with Crippen LogP contribution in [-0.2, 0) is 4.79 Å². The lowest BCUT2D eigenvalue weighted by Gasteiger charge is -2.40. The highest BCUT2D eigenvalue weighted by Crippen LogP contribution is 2.28. The van der Waals surface area contributed by atoms with Crippen molar-refractivity contribution in [3.63, 3.8) is 0 Å². The van der Waals surface area contributed by atoms with E-state index in [1.807, 2.05) is 11.0 Å². The molecule has 1 aliphatic heterocycles. The number of carbonyl (C=O) groups excluding carboxylic acids is 1. The van der Waals surface area contributed by atoms with E-state index in [1.165, 1.54) is 32.0 Å². The number of hydrogen-bond donors (Lipinski definition) is 1. The van der Waals surface area contributed by atoms with E-state index >= 15 is 0 Å². The van der Waals surface area contributed by atoms with E-state index in [0.717, 1.165) is 25.3 Å². The molecular weight excluding hydrogens is 240 g/mol. The van der Waals surface area contributed by atoms with Crippen molar-refractivity contribution in [3.05, 3.63) is 18.6 Å². The van der Waals surface area contributed by atoms with Crippen molar-refractivity contribution < 1.29 is 4.79 Å². The van der Waals surface area contributed by atoms with Crippen molar-refractivity contribution in [1.82, 2.24) is 14.9 Å². The van der Waals surface area contributed by atoms with Crippen LogP contribution in [0.25, 0.3) is 0 Å². The van der Waals surface area contributed by atoms with E-state index in [9.17, 15) is 4.79 Å². The van der Waals surface area contributed by atoms with E-state index in [0.29, 0.717) is 17.9 Å². The van der Waals surface area contributed by atoms with Gasteiger partial charge in [0.15, 0.2) is 0 Å². The van der Waals surface area contributed by atoms with Crippen molar-refractivity contribution in [2.24, 2.45) is 5.92 Å². The van der Waals surface area contributed by atoms with Crippen LogP contribution in [-0.4, -0.2) is 39.9 Å². The minimum atomic E-state index is 0.327. The Morgan fingerprint density at radius 1 is 1.37 bits per heavy atom. The summed E-state index contributed by atoms with van der Waals surface area (Å²) in [6.07, 6.45) is 9.08. The maximum Gasteiger partial charge on any atom is 0.222 e. The molecule has 1 aromatic rings. The Labute approximate surface area is 113 Å². The molecule has 1 aliphatic carbocycles. The fourth-order valence-electron chi connectivity index (χ4n) is 2.95. The first-order valence-electron chi connectivity index (χ1n) is 7.11. The van der Waals surface area contributed by atoms with E-state index in [-0.39, 0.29) is 0 Å². The first-order chi connectivity index (χ1) is 9.31. The zero-order chi connectivity index (χ0) is 13.1. The zero-order valence-corrected chi connectivity index (χ0v) is 11.1. The molecule has 0 unspecified atom stereocenters. The molecule has 0 atom stereocenters. The lowest BCUT2D eigenvalue weighted by molar-refractivity contribution is -0.136. The number of carbonyl (C=O) groups is 1. The fraction of sp³-hybridized carbons (Fsp3) is 0.643. The number of aromatic nitrogens is 2. The largest absolute Gasteiger partial charge is 0.364 e. The summed E-state index contributed by atoms with van der Waals surface area (Å²) in [6, 6.07) is 2.19. The predicted molar refractivity (Wildman–Crippen MR) is 72.6 cm³/mol. The molecule has 5 heteroatoms. The highest BCUT2D eigenvalue weighted by atomic mass is 16.2. The number of anilines is 1. The number of likely N-dealkylation sites (tertiary alicyclic amines) is 1. The van der Waals surface area contributed by atoms with Gasteiger partial charge in [0.2, 0.25) is 5.91 Å². The number of nitrogens with one attached hydrogen (secondary N) is 1. The molecule has 2 aliphatic rings. The number of nitrogens with zero attached hydrogens (tertiary/aromatic N) is 3. The Hall–Kier alpha value is -1.65. The molecule has 0 aromatic carbocycles. The second-order valence-corrected chi connectivity index (χ2v) is 5.59. The topological polar surface area (TPSA) is 58.1 Å². The van der Waals surface area contributed by atoms with E-state index in [2.05, 4.69) is 15.3 Å². The first kappa shape index (κ1) is 12.4. The van der Waals surface area contributed by atoms with Gasteiger partial charge in [0.25, 0.3) is 0 Å². The van der Waals surface area contributed by atoms with Gasteiger partial charge in [-0.15, -0.1) is 0 Å². The third-order valence-corrected chi connectivity index (χ3v) is 4.11. The highest BCUT2D eigenvalue weighted by Gasteiger charge is 2.32. The number of amides is 1. The molecule has 2 fully saturated rings. The number of hydrogen-bond acceptors (Lipinski definition) is 4. The standard InChI is InChI=1S/C14H20N4O/c19-14(7-11-3-1-2-4-11)18-8-12(9-18)17-13-5-6-15-10-16-13/h5-6,10-12H,1-4,7-9H2,(H,15,16,17). The average Bonchev–Trinajstić information content (AvgIpc) is 2.87. The van der Waals surface area contributed by atoms with Crippen LogP contribution >= 0.6 is 0 Å². The highest BCUT2D eigenvalue weighted by molar-refractivity contribution is 5.77. The van der Waals surface area contributed by atoms with Gasteiger partial charge in [-0.05, 0) is 24.8 Å². The van der Waals surface area contributed by atoms with Gasteiger partial charge in [-0.3, -0.25) is 4.79 Å². The summed E-state index contributed by atoms with van der Waals surface area (Å²) < 4.78 is 0. The molecule has 2 heterocycles. The fourth-order valence-corrected chi connectivity index (χ4v) is 2.95. The Balaban J connectivity index is 1.41. The van der Waals surface area contributed by atoms with Crippen molar-refractivity contribution >= 4 is 11.7 Å². The van der Waals surface area contributed by atoms with Crippen LogP contribution in [0.4, 0.5) is 5.82 Å². The predicted octanol–water partition coefficient (Wildman–Crippen LogP) is 1.68. The van der Waals surface area contributed by atoms with Crippen LogP contribution in [0.5, 0.6) is 0 Å². The molecule has 0 bridgehead atoms. The lowest BCUT2D eigenvalue weighted by Crippen LogP contribution is -2.57. The summed E-state index contributed by atoms with van der Waals surface area (Å²) in [5.41, 5.74) is 0. The van der Waals surface area contributed by atoms with Crippen LogP contribution in [0.3, 0.4) is 0 Å². The van der Waals surface area contributed by atoms with Gasteiger partial charge in [0, 0.05) is 25.7 Å². The molecule has 1 amide bonds. The zero-order valence-electron chi connectivity index (χ0n) is 11.1. The summed E-state index contributed by atoms with van der Waals surface area (Å²) in [4.78, 5) is 22.0. The van der Waals surface area contributed by atoms with E-state index in [4.69, 9.17) is 0 Å². The van der Waals surface area contributed by atoms with Crippen LogP contribution < -0.4 is 5.32 Å². The third-order valence-electron chi connectivity index (χ3n) is 4.11. The van der Waals surface area contributed by atoms with Crippen molar-refractivity contribution in [2.75, 3.05) is 18.4 Å². The van der Waals surface area contributed by atoms with Gasteiger partial charge in [0.1, 0.15) is 12.1 Å². The molecule has 19 heavy (non-hydrogen) atoms. The van der Waals surface area contributed by atoms with Crippen LogP contribution in [0.2, 0.25) is 0 Å². The number of rotatable bonds is 4. The van der Waals surface area contributed by atoms with Crippen LogP contribution in [0.1, 0.15) is 32.1 Å². The Kier molecular flexibility index (Phi) is 3.62. The minimum absolute atomic E-state index is 0.327. The molecule has 3 rings (SSSR count). The smallest absolute Gasteiger partial charge is 0.222 e. The Bertz CT molecular complexity index is 424. The summed E-state index contributed by atoms with van der Waals surface area (Å²) >= 11 is 0. The van der Waals surface area contributed by atoms with Crippen molar-refractivity contribution in [1.29, 1.82) is 0 Å². The van der Waals surface area contributed by atoms with Gasteiger partial charge in [-0.1, -0.05) is 12.8 Å². The molecule has 1 saturated heterocycles. The van der Waals surface area contributed by atoms with Crippen molar-refractivity contribution in [3.8, 4) is 0 Å². The molecule has 1 N–H and O–H groups in total. The van der Waals surface area contributed by atoms with Crippen molar-refractivity contribution in [2.45, 2.75) is 38.1 Å². The van der Waals surface area contributed by atoms with E-state index in [1.54, 1.807) is 6.20 Å². The lowest BCUT2D eigenvalue weighted by atomic mass is 10.0. The molecule has 0 radical (unpaired) electrons. The maximum atomic E-state index is 12.1. The monoisotopic (exact) mass is 260 g/mol. The molecule has 1 saturated carbocycles.